The van der Waals surface area contributed by atoms with Crippen LogP contribution in [0.25, 0.3) is 0 Å². The van der Waals surface area contributed by atoms with E-state index in [9.17, 15) is 4.39 Å². The molecule has 1 saturated heterocycles. The van der Waals surface area contributed by atoms with Crippen LogP contribution in [-0.4, -0.2) is 13.1 Å². The molecule has 0 aromatic heterocycles. The Labute approximate surface area is 112 Å². The van der Waals surface area contributed by atoms with Crippen LogP contribution in [0, 0.1) is 5.82 Å². The molecule has 1 unspecified atom stereocenters. The fourth-order valence-electron chi connectivity index (χ4n) is 2.77. The van der Waals surface area contributed by atoms with Gasteiger partial charge < -0.3 is 10.6 Å². The van der Waals surface area contributed by atoms with Gasteiger partial charge in [-0.3, -0.25) is 0 Å². The van der Waals surface area contributed by atoms with Gasteiger partial charge in [-0.2, -0.15) is 0 Å². The lowest BCUT2D eigenvalue weighted by atomic mass is 9.99. The Balaban J connectivity index is 1.79. The molecule has 1 aliphatic rings. The SMILES string of the molecule is Nc1cc(F)cc(N2CCC(c3ccccc3)C2)c1. The topological polar surface area (TPSA) is 29.3 Å². The van der Waals surface area contributed by atoms with Crippen molar-refractivity contribution in [1.82, 2.24) is 0 Å². The third kappa shape index (κ3) is 2.55. The maximum absolute atomic E-state index is 13.4. The van der Waals surface area contributed by atoms with Gasteiger partial charge >= 0.3 is 0 Å². The maximum atomic E-state index is 13.4. The maximum Gasteiger partial charge on any atom is 0.127 e. The average molecular weight is 256 g/mol. The Morgan fingerprint density at radius 1 is 1.11 bits per heavy atom. The Kier molecular flexibility index (Phi) is 3.11. The zero-order valence-corrected chi connectivity index (χ0v) is 10.7. The first kappa shape index (κ1) is 12.0. The molecule has 0 amide bonds. The first-order valence-corrected chi connectivity index (χ1v) is 6.58. The fourth-order valence-corrected chi connectivity index (χ4v) is 2.77. The summed E-state index contributed by atoms with van der Waals surface area (Å²) in [6.07, 6.45) is 1.10. The molecule has 0 saturated carbocycles. The summed E-state index contributed by atoms with van der Waals surface area (Å²) in [6, 6.07) is 15.2. The van der Waals surface area contributed by atoms with Crippen LogP contribution in [0.1, 0.15) is 17.9 Å². The molecule has 1 atom stereocenters. The molecule has 3 heteroatoms. The van der Waals surface area contributed by atoms with Gasteiger partial charge in [0.1, 0.15) is 5.82 Å². The highest BCUT2D eigenvalue weighted by Crippen LogP contribution is 2.31. The van der Waals surface area contributed by atoms with Crippen LogP contribution < -0.4 is 10.6 Å². The quantitative estimate of drug-likeness (QED) is 0.834. The van der Waals surface area contributed by atoms with Crippen LogP contribution in [0.3, 0.4) is 0 Å². The van der Waals surface area contributed by atoms with Crippen molar-refractivity contribution in [3.63, 3.8) is 0 Å². The molecule has 2 nitrogen and oxygen atoms in total. The molecule has 0 bridgehead atoms. The van der Waals surface area contributed by atoms with Gasteiger partial charge in [-0.1, -0.05) is 30.3 Å². The van der Waals surface area contributed by atoms with E-state index in [-0.39, 0.29) is 5.82 Å². The van der Waals surface area contributed by atoms with Crippen LogP contribution in [0.15, 0.2) is 48.5 Å². The van der Waals surface area contributed by atoms with E-state index >= 15 is 0 Å². The largest absolute Gasteiger partial charge is 0.399 e. The lowest BCUT2D eigenvalue weighted by Gasteiger charge is -2.19. The molecule has 19 heavy (non-hydrogen) atoms. The number of benzene rings is 2. The normalized spacial score (nSPS) is 18.8. The summed E-state index contributed by atoms with van der Waals surface area (Å²) in [7, 11) is 0. The lowest BCUT2D eigenvalue weighted by molar-refractivity contribution is 0.628. The van der Waals surface area contributed by atoms with E-state index < -0.39 is 0 Å². The second-order valence-corrected chi connectivity index (χ2v) is 5.09. The Hall–Kier alpha value is -2.03. The molecule has 98 valence electrons. The van der Waals surface area contributed by atoms with Gasteiger partial charge in [0.05, 0.1) is 0 Å². The van der Waals surface area contributed by atoms with Crippen molar-refractivity contribution in [2.75, 3.05) is 23.7 Å². The van der Waals surface area contributed by atoms with Crippen molar-refractivity contribution in [2.24, 2.45) is 0 Å². The minimum Gasteiger partial charge on any atom is -0.399 e. The summed E-state index contributed by atoms with van der Waals surface area (Å²) >= 11 is 0. The van der Waals surface area contributed by atoms with Gasteiger partial charge in [0.2, 0.25) is 0 Å². The van der Waals surface area contributed by atoms with E-state index in [2.05, 4.69) is 29.2 Å². The summed E-state index contributed by atoms with van der Waals surface area (Å²) in [6.45, 7) is 1.87. The van der Waals surface area contributed by atoms with Crippen LogP contribution >= 0.6 is 0 Å². The van der Waals surface area contributed by atoms with Crippen molar-refractivity contribution < 1.29 is 4.39 Å². The minimum atomic E-state index is -0.266. The first-order chi connectivity index (χ1) is 9.22. The molecule has 1 heterocycles. The molecule has 2 N–H and O–H groups in total. The summed E-state index contributed by atoms with van der Waals surface area (Å²) in [5, 5.41) is 0. The second-order valence-electron chi connectivity index (χ2n) is 5.09. The predicted molar refractivity (Wildman–Crippen MR) is 76.8 cm³/mol. The molecular formula is C16H17FN2. The number of nitrogen functional groups attached to an aromatic ring is 1. The van der Waals surface area contributed by atoms with Gasteiger partial charge in [0, 0.05) is 30.4 Å². The standard InChI is InChI=1S/C16H17FN2/c17-14-8-15(18)10-16(9-14)19-7-6-13(11-19)12-4-2-1-3-5-12/h1-5,8-10,13H,6-7,11,18H2. The molecular weight excluding hydrogens is 239 g/mol. The number of nitrogens with zero attached hydrogens (tertiary/aromatic N) is 1. The summed E-state index contributed by atoms with van der Waals surface area (Å²) in [4.78, 5) is 2.21. The number of halogens is 1. The van der Waals surface area contributed by atoms with Crippen molar-refractivity contribution >= 4 is 11.4 Å². The number of nitrogens with two attached hydrogens (primary N) is 1. The fraction of sp³-hybridized carbons (Fsp3) is 0.250. The van der Waals surface area contributed by atoms with Crippen molar-refractivity contribution in [3.8, 4) is 0 Å². The highest BCUT2D eigenvalue weighted by molar-refractivity contribution is 5.57. The van der Waals surface area contributed by atoms with Gasteiger partial charge in [-0.15, -0.1) is 0 Å². The van der Waals surface area contributed by atoms with E-state index in [0.717, 1.165) is 25.2 Å². The van der Waals surface area contributed by atoms with E-state index in [1.54, 1.807) is 6.07 Å². The van der Waals surface area contributed by atoms with Gasteiger partial charge in [0.15, 0.2) is 0 Å². The van der Waals surface area contributed by atoms with E-state index in [0.29, 0.717) is 11.6 Å². The number of rotatable bonds is 2. The van der Waals surface area contributed by atoms with Crippen molar-refractivity contribution in [2.45, 2.75) is 12.3 Å². The highest BCUT2D eigenvalue weighted by Gasteiger charge is 2.24. The smallest absolute Gasteiger partial charge is 0.127 e. The van der Waals surface area contributed by atoms with Crippen molar-refractivity contribution in [1.29, 1.82) is 0 Å². The highest BCUT2D eigenvalue weighted by atomic mass is 19.1. The van der Waals surface area contributed by atoms with Crippen LogP contribution in [0.2, 0.25) is 0 Å². The van der Waals surface area contributed by atoms with Crippen LogP contribution in [0.5, 0.6) is 0 Å². The molecule has 1 aliphatic heterocycles. The van der Waals surface area contributed by atoms with E-state index in [1.165, 1.54) is 11.6 Å². The average Bonchev–Trinajstić information content (AvgIpc) is 2.88. The number of hydrogen-bond acceptors (Lipinski definition) is 2. The lowest BCUT2D eigenvalue weighted by Crippen LogP contribution is -2.19. The Morgan fingerprint density at radius 2 is 1.89 bits per heavy atom. The molecule has 3 rings (SSSR count). The molecule has 2 aromatic rings. The number of hydrogen-bond donors (Lipinski definition) is 1. The Bertz CT molecular complexity index is 548. The number of anilines is 2. The second kappa shape index (κ2) is 4.92. The van der Waals surface area contributed by atoms with Gasteiger partial charge in [-0.05, 0) is 30.2 Å². The third-order valence-electron chi connectivity index (χ3n) is 3.73. The monoisotopic (exact) mass is 256 g/mol. The summed E-state index contributed by atoms with van der Waals surface area (Å²) < 4.78 is 13.4. The van der Waals surface area contributed by atoms with Crippen LogP contribution in [-0.2, 0) is 0 Å². The first-order valence-electron chi connectivity index (χ1n) is 6.58. The summed E-state index contributed by atoms with van der Waals surface area (Å²) in [5.74, 6) is 0.254. The molecule has 0 radical (unpaired) electrons. The van der Waals surface area contributed by atoms with E-state index in [4.69, 9.17) is 5.73 Å². The van der Waals surface area contributed by atoms with E-state index in [1.807, 2.05) is 12.1 Å². The van der Waals surface area contributed by atoms with Gasteiger partial charge in [0.25, 0.3) is 0 Å². The third-order valence-corrected chi connectivity index (χ3v) is 3.73. The summed E-state index contributed by atoms with van der Waals surface area (Å²) in [5.41, 5.74) is 8.43. The zero-order valence-electron chi connectivity index (χ0n) is 10.7. The zero-order chi connectivity index (χ0) is 13.2. The molecule has 0 aliphatic carbocycles. The Morgan fingerprint density at radius 3 is 2.63 bits per heavy atom. The van der Waals surface area contributed by atoms with Crippen molar-refractivity contribution in [3.05, 3.63) is 59.9 Å². The molecule has 2 aromatic carbocycles. The molecule has 1 fully saturated rings. The predicted octanol–water partition coefficient (Wildman–Crippen LogP) is 3.40. The van der Waals surface area contributed by atoms with Gasteiger partial charge in [-0.25, -0.2) is 4.39 Å². The minimum absolute atomic E-state index is 0.266. The molecule has 0 spiro atoms. The van der Waals surface area contributed by atoms with Crippen LogP contribution in [0.4, 0.5) is 15.8 Å².